The van der Waals surface area contributed by atoms with Gasteiger partial charge in [-0.3, -0.25) is 4.79 Å². The van der Waals surface area contributed by atoms with Gasteiger partial charge < -0.3 is 19.8 Å². The summed E-state index contributed by atoms with van der Waals surface area (Å²) in [6, 6.07) is 25.4. The molecule has 1 fully saturated rings. The minimum absolute atomic E-state index is 0.00636. The lowest BCUT2D eigenvalue weighted by atomic mass is 9.91. The molecule has 0 bridgehead atoms. The van der Waals surface area contributed by atoms with Gasteiger partial charge in [-0.05, 0) is 55.5 Å². The third-order valence-electron chi connectivity index (χ3n) is 7.85. The number of H-pyrrole nitrogens is 1. The molecule has 1 heterocycles. The van der Waals surface area contributed by atoms with Gasteiger partial charge in [-0.2, -0.15) is 8.78 Å². The SMILES string of the molecule is O=c1ccc2c(C3(CNCCCCCCOCC(F)(F)c4ccccc4)CC3)ccc(OCc3ccccc3)c2[nH]1. The van der Waals surface area contributed by atoms with Gasteiger partial charge in [0.15, 0.2) is 0 Å². The second kappa shape index (κ2) is 13.4. The Hall–Kier alpha value is -3.55. The standard InChI is InChI=1S/C34H38F2N2O3/c35-34(36,27-13-7-4-8-14-27)25-40-22-10-2-1-9-21-37-24-33(19-20-33)29-16-17-30(32-28(29)15-18-31(39)38-32)41-23-26-11-5-3-6-12-26/h3-8,11-18,37H,1-2,9-10,19-25H2,(H,38,39). The van der Waals surface area contributed by atoms with Crippen LogP contribution in [0.2, 0.25) is 0 Å². The summed E-state index contributed by atoms with van der Waals surface area (Å²) in [5, 5.41) is 4.67. The second-order valence-corrected chi connectivity index (χ2v) is 11.0. The average Bonchev–Trinajstić information content (AvgIpc) is 3.78. The number of hydrogen-bond acceptors (Lipinski definition) is 4. The van der Waals surface area contributed by atoms with Crippen molar-refractivity contribution in [1.82, 2.24) is 10.3 Å². The van der Waals surface area contributed by atoms with E-state index in [0.29, 0.717) is 19.0 Å². The number of fused-ring (bicyclic) bond motifs is 1. The first kappa shape index (κ1) is 29.0. The van der Waals surface area contributed by atoms with Crippen LogP contribution in [-0.4, -0.2) is 31.3 Å². The van der Waals surface area contributed by atoms with Crippen molar-refractivity contribution in [2.75, 3.05) is 26.3 Å². The number of unbranched alkanes of at least 4 members (excludes halogenated alkanes) is 3. The number of aromatic nitrogens is 1. The van der Waals surface area contributed by atoms with Crippen LogP contribution in [-0.2, 0) is 22.7 Å². The lowest BCUT2D eigenvalue weighted by Gasteiger charge is -2.20. The van der Waals surface area contributed by atoms with E-state index in [1.807, 2.05) is 42.5 Å². The number of halogens is 2. The summed E-state index contributed by atoms with van der Waals surface area (Å²) < 4.78 is 39.7. The summed E-state index contributed by atoms with van der Waals surface area (Å²) in [5.41, 5.74) is 2.98. The zero-order valence-electron chi connectivity index (χ0n) is 23.3. The van der Waals surface area contributed by atoms with E-state index in [9.17, 15) is 13.6 Å². The van der Waals surface area contributed by atoms with Crippen molar-refractivity contribution in [3.05, 3.63) is 112 Å². The molecule has 0 amide bonds. The Kier molecular flexibility index (Phi) is 9.47. The maximum absolute atomic E-state index is 14.2. The lowest BCUT2D eigenvalue weighted by Crippen LogP contribution is -2.28. The van der Waals surface area contributed by atoms with Crippen molar-refractivity contribution < 1.29 is 18.3 Å². The Morgan fingerprint density at radius 2 is 1.59 bits per heavy atom. The highest BCUT2D eigenvalue weighted by molar-refractivity contribution is 5.88. The van der Waals surface area contributed by atoms with Crippen molar-refractivity contribution in [3.63, 3.8) is 0 Å². The molecule has 0 saturated heterocycles. The molecule has 0 unspecified atom stereocenters. The van der Waals surface area contributed by atoms with Crippen molar-refractivity contribution >= 4 is 10.9 Å². The number of nitrogens with one attached hydrogen (secondary N) is 2. The topological polar surface area (TPSA) is 63.4 Å². The van der Waals surface area contributed by atoms with E-state index in [-0.39, 0.29) is 16.5 Å². The Labute approximate surface area is 239 Å². The van der Waals surface area contributed by atoms with Gasteiger partial charge in [0.25, 0.3) is 5.92 Å². The number of alkyl halides is 2. The zero-order valence-corrected chi connectivity index (χ0v) is 23.3. The molecule has 0 atom stereocenters. The maximum atomic E-state index is 14.2. The van der Waals surface area contributed by atoms with Crippen LogP contribution in [0.5, 0.6) is 5.75 Å². The molecule has 41 heavy (non-hydrogen) atoms. The monoisotopic (exact) mass is 560 g/mol. The molecule has 0 spiro atoms. The Morgan fingerprint density at radius 1 is 0.854 bits per heavy atom. The Balaban J connectivity index is 1.05. The van der Waals surface area contributed by atoms with Crippen LogP contribution in [0.4, 0.5) is 8.78 Å². The molecule has 1 aliphatic carbocycles. The third-order valence-corrected chi connectivity index (χ3v) is 7.85. The van der Waals surface area contributed by atoms with Crippen LogP contribution < -0.4 is 15.6 Å². The first-order valence-corrected chi connectivity index (χ1v) is 14.5. The van der Waals surface area contributed by atoms with Crippen LogP contribution >= 0.6 is 0 Å². The third kappa shape index (κ3) is 7.60. The Bertz CT molecular complexity index is 1450. The largest absolute Gasteiger partial charge is 0.487 e. The highest BCUT2D eigenvalue weighted by Gasteiger charge is 2.45. The molecule has 5 nitrogen and oxygen atoms in total. The van der Waals surface area contributed by atoms with Crippen LogP contribution in [0.25, 0.3) is 10.9 Å². The molecule has 1 aromatic heterocycles. The van der Waals surface area contributed by atoms with E-state index in [0.717, 1.165) is 68.1 Å². The molecule has 2 N–H and O–H groups in total. The molecule has 4 aromatic rings. The van der Waals surface area contributed by atoms with Gasteiger partial charge in [0.2, 0.25) is 5.56 Å². The van der Waals surface area contributed by atoms with E-state index < -0.39 is 12.5 Å². The number of aromatic amines is 1. The molecule has 5 rings (SSSR count). The molecular weight excluding hydrogens is 522 g/mol. The van der Waals surface area contributed by atoms with Crippen molar-refractivity contribution in [1.29, 1.82) is 0 Å². The van der Waals surface area contributed by atoms with E-state index in [2.05, 4.69) is 16.4 Å². The molecule has 216 valence electrons. The van der Waals surface area contributed by atoms with E-state index in [4.69, 9.17) is 9.47 Å². The summed E-state index contributed by atoms with van der Waals surface area (Å²) in [5.74, 6) is -2.28. The second-order valence-electron chi connectivity index (χ2n) is 11.0. The summed E-state index contributed by atoms with van der Waals surface area (Å²) in [7, 11) is 0. The summed E-state index contributed by atoms with van der Waals surface area (Å²) in [6.07, 6.45) is 5.98. The molecular formula is C34H38F2N2O3. The zero-order chi connectivity index (χ0) is 28.5. The predicted octanol–water partition coefficient (Wildman–Crippen LogP) is 7.10. The number of benzene rings is 3. The van der Waals surface area contributed by atoms with Crippen LogP contribution in [0.3, 0.4) is 0 Å². The summed E-state index contributed by atoms with van der Waals surface area (Å²) in [4.78, 5) is 15.2. The number of hydrogen-bond donors (Lipinski definition) is 2. The smallest absolute Gasteiger partial charge is 0.296 e. The first-order valence-electron chi connectivity index (χ1n) is 14.5. The van der Waals surface area contributed by atoms with Gasteiger partial charge in [-0.1, -0.05) is 79.6 Å². The van der Waals surface area contributed by atoms with Gasteiger partial charge in [0.05, 0.1) is 5.52 Å². The summed E-state index contributed by atoms with van der Waals surface area (Å²) in [6.45, 7) is 1.98. The van der Waals surface area contributed by atoms with Crippen molar-refractivity contribution in [3.8, 4) is 5.75 Å². The van der Waals surface area contributed by atoms with E-state index >= 15 is 0 Å². The van der Waals surface area contributed by atoms with Crippen molar-refractivity contribution in [2.45, 2.75) is 56.5 Å². The molecule has 1 aliphatic rings. The highest BCUT2D eigenvalue weighted by atomic mass is 19.3. The minimum Gasteiger partial charge on any atom is -0.487 e. The fourth-order valence-corrected chi connectivity index (χ4v) is 5.34. The average molecular weight is 561 g/mol. The van der Waals surface area contributed by atoms with E-state index in [1.165, 1.54) is 17.7 Å². The number of rotatable bonds is 16. The van der Waals surface area contributed by atoms with Crippen molar-refractivity contribution in [2.24, 2.45) is 0 Å². The van der Waals surface area contributed by atoms with Crippen LogP contribution in [0.15, 0.2) is 89.7 Å². The van der Waals surface area contributed by atoms with E-state index in [1.54, 1.807) is 24.3 Å². The number of ether oxygens (including phenoxy) is 2. The van der Waals surface area contributed by atoms with Crippen LogP contribution in [0, 0.1) is 0 Å². The highest BCUT2D eigenvalue weighted by Crippen LogP contribution is 2.50. The van der Waals surface area contributed by atoms with Gasteiger partial charge in [0.1, 0.15) is 19.0 Å². The fraction of sp³-hybridized carbons (Fsp3) is 0.382. The molecule has 7 heteroatoms. The lowest BCUT2D eigenvalue weighted by molar-refractivity contribution is -0.0831. The van der Waals surface area contributed by atoms with Gasteiger partial charge >= 0.3 is 0 Å². The number of pyridine rings is 1. The molecule has 0 aliphatic heterocycles. The first-order chi connectivity index (χ1) is 20.0. The van der Waals surface area contributed by atoms with Gasteiger partial charge in [-0.25, -0.2) is 0 Å². The summed E-state index contributed by atoms with van der Waals surface area (Å²) >= 11 is 0. The molecule has 0 radical (unpaired) electrons. The molecule has 3 aromatic carbocycles. The minimum atomic E-state index is -2.96. The Morgan fingerprint density at radius 3 is 2.34 bits per heavy atom. The predicted molar refractivity (Wildman–Crippen MR) is 159 cm³/mol. The normalized spacial score (nSPS) is 14.3. The quantitative estimate of drug-likeness (QED) is 0.144. The van der Waals surface area contributed by atoms with Gasteiger partial charge in [-0.15, -0.1) is 0 Å². The fourth-order valence-electron chi connectivity index (χ4n) is 5.34. The molecule has 1 saturated carbocycles. The maximum Gasteiger partial charge on any atom is 0.296 e. The van der Waals surface area contributed by atoms with Gasteiger partial charge in [0, 0.05) is 35.6 Å². The van der Waals surface area contributed by atoms with Crippen LogP contribution in [0.1, 0.15) is 55.2 Å².